The van der Waals surface area contributed by atoms with E-state index in [2.05, 4.69) is 0 Å². The first-order chi connectivity index (χ1) is 10.5. The first kappa shape index (κ1) is 16.2. The fourth-order valence-corrected chi connectivity index (χ4v) is 3.07. The second-order valence-electron chi connectivity index (χ2n) is 6.09. The van der Waals surface area contributed by atoms with Gasteiger partial charge in [-0.05, 0) is 55.4 Å². The van der Waals surface area contributed by atoms with Crippen molar-refractivity contribution in [2.24, 2.45) is 17.6 Å². The van der Waals surface area contributed by atoms with Crippen LogP contribution in [0.15, 0.2) is 18.2 Å². The maximum absolute atomic E-state index is 12.2. The number of ketones is 1. The Morgan fingerprint density at radius 3 is 2.77 bits per heavy atom. The maximum Gasteiger partial charge on any atom is 0.217 e. The Hall–Kier alpha value is -2.17. The van der Waals surface area contributed by atoms with Gasteiger partial charge in [0.1, 0.15) is 6.29 Å². The van der Waals surface area contributed by atoms with Gasteiger partial charge >= 0.3 is 0 Å². The highest BCUT2D eigenvalue weighted by Crippen LogP contribution is 2.30. The molecule has 118 valence electrons. The van der Waals surface area contributed by atoms with Crippen LogP contribution in [0.25, 0.3) is 0 Å². The molecule has 0 bridgehead atoms. The SMILES string of the molecule is NC(=O)CCC(C=O)CCC1CC(=O)c2ccc(N)cc2C1. The first-order valence-electron chi connectivity index (χ1n) is 7.64. The van der Waals surface area contributed by atoms with Gasteiger partial charge in [0.2, 0.25) is 5.91 Å². The number of fused-ring (bicyclic) bond motifs is 1. The monoisotopic (exact) mass is 302 g/mol. The molecule has 0 spiro atoms. The highest BCUT2D eigenvalue weighted by Gasteiger charge is 2.25. The summed E-state index contributed by atoms with van der Waals surface area (Å²) in [4.78, 5) is 34.0. The minimum Gasteiger partial charge on any atom is -0.399 e. The molecule has 0 fully saturated rings. The van der Waals surface area contributed by atoms with Gasteiger partial charge in [0.05, 0.1) is 0 Å². The van der Waals surface area contributed by atoms with Crippen LogP contribution in [0, 0.1) is 11.8 Å². The van der Waals surface area contributed by atoms with Gasteiger partial charge in [0.15, 0.2) is 5.78 Å². The minimum atomic E-state index is -0.385. The summed E-state index contributed by atoms with van der Waals surface area (Å²) in [6.07, 6.45) is 4.41. The number of amides is 1. The van der Waals surface area contributed by atoms with Crippen molar-refractivity contribution in [1.29, 1.82) is 0 Å². The molecule has 1 amide bonds. The highest BCUT2D eigenvalue weighted by molar-refractivity contribution is 5.99. The standard InChI is InChI=1S/C17H22N2O3/c18-14-4-5-15-13(9-14)7-12(8-16(15)21)2-1-11(10-20)3-6-17(19)22/h4-5,9-12H,1-3,6-8,18H2,(H2,19,22). The lowest BCUT2D eigenvalue weighted by atomic mass is 9.79. The lowest BCUT2D eigenvalue weighted by Crippen LogP contribution is -2.21. The zero-order valence-corrected chi connectivity index (χ0v) is 12.6. The van der Waals surface area contributed by atoms with Gasteiger partial charge in [-0.15, -0.1) is 0 Å². The Balaban J connectivity index is 1.93. The summed E-state index contributed by atoms with van der Waals surface area (Å²) in [5.74, 6) is -0.169. The highest BCUT2D eigenvalue weighted by atomic mass is 16.1. The smallest absolute Gasteiger partial charge is 0.217 e. The van der Waals surface area contributed by atoms with Crippen LogP contribution in [0.4, 0.5) is 5.69 Å². The van der Waals surface area contributed by atoms with Crippen molar-refractivity contribution in [3.63, 3.8) is 0 Å². The van der Waals surface area contributed by atoms with Gasteiger partial charge in [0, 0.05) is 30.0 Å². The van der Waals surface area contributed by atoms with Crippen molar-refractivity contribution >= 4 is 23.7 Å². The van der Waals surface area contributed by atoms with E-state index in [9.17, 15) is 14.4 Å². The molecule has 4 N–H and O–H groups in total. The van der Waals surface area contributed by atoms with Crippen molar-refractivity contribution in [3.05, 3.63) is 29.3 Å². The molecule has 1 aromatic rings. The topological polar surface area (TPSA) is 103 Å². The molecule has 0 aliphatic heterocycles. The summed E-state index contributed by atoms with van der Waals surface area (Å²) in [6, 6.07) is 5.41. The quantitative estimate of drug-likeness (QED) is 0.592. The van der Waals surface area contributed by atoms with Gasteiger partial charge in [-0.2, -0.15) is 0 Å². The third-order valence-corrected chi connectivity index (χ3v) is 4.31. The molecule has 2 unspecified atom stereocenters. The zero-order valence-electron chi connectivity index (χ0n) is 12.6. The molecule has 1 aliphatic carbocycles. The zero-order chi connectivity index (χ0) is 16.1. The van der Waals surface area contributed by atoms with Crippen molar-refractivity contribution < 1.29 is 14.4 Å². The van der Waals surface area contributed by atoms with E-state index in [0.29, 0.717) is 24.9 Å². The number of Topliss-reactive ketones (excluding diaryl/α,β-unsaturated/α-hetero) is 1. The Morgan fingerprint density at radius 1 is 1.32 bits per heavy atom. The molecular formula is C17H22N2O3. The Labute approximate surface area is 130 Å². The van der Waals surface area contributed by atoms with Crippen LogP contribution < -0.4 is 11.5 Å². The predicted molar refractivity (Wildman–Crippen MR) is 84.2 cm³/mol. The van der Waals surface area contributed by atoms with E-state index < -0.39 is 0 Å². The molecule has 0 saturated carbocycles. The molecular weight excluding hydrogens is 280 g/mol. The lowest BCUT2D eigenvalue weighted by Gasteiger charge is -2.24. The fraction of sp³-hybridized carbons (Fsp3) is 0.471. The number of rotatable bonds is 7. The van der Waals surface area contributed by atoms with Crippen LogP contribution in [0.1, 0.15) is 48.0 Å². The second-order valence-corrected chi connectivity index (χ2v) is 6.09. The van der Waals surface area contributed by atoms with E-state index in [1.165, 1.54) is 0 Å². The van der Waals surface area contributed by atoms with E-state index in [1.807, 2.05) is 6.07 Å². The van der Waals surface area contributed by atoms with Crippen LogP contribution in [0.3, 0.4) is 0 Å². The third kappa shape index (κ3) is 4.16. The Bertz CT molecular complexity index is 583. The molecule has 1 aliphatic rings. The average Bonchev–Trinajstić information content (AvgIpc) is 2.46. The van der Waals surface area contributed by atoms with Crippen LogP contribution >= 0.6 is 0 Å². The summed E-state index contributed by atoms with van der Waals surface area (Å²) in [5, 5.41) is 0. The number of carbonyl (C=O) groups excluding carboxylic acids is 3. The fourth-order valence-electron chi connectivity index (χ4n) is 3.07. The number of anilines is 1. The van der Waals surface area contributed by atoms with Gasteiger partial charge in [-0.1, -0.05) is 0 Å². The number of primary amides is 1. The molecule has 2 atom stereocenters. The van der Waals surface area contributed by atoms with E-state index in [4.69, 9.17) is 11.5 Å². The molecule has 0 heterocycles. The van der Waals surface area contributed by atoms with Gasteiger partial charge in [-0.3, -0.25) is 9.59 Å². The van der Waals surface area contributed by atoms with E-state index in [1.54, 1.807) is 12.1 Å². The number of carbonyl (C=O) groups is 3. The van der Waals surface area contributed by atoms with E-state index in [-0.39, 0.29) is 29.9 Å². The maximum atomic E-state index is 12.2. The molecule has 1 aromatic carbocycles. The van der Waals surface area contributed by atoms with Crippen molar-refractivity contribution in [2.45, 2.75) is 38.5 Å². The Morgan fingerprint density at radius 2 is 2.09 bits per heavy atom. The molecule has 5 nitrogen and oxygen atoms in total. The van der Waals surface area contributed by atoms with Crippen molar-refractivity contribution in [2.75, 3.05) is 5.73 Å². The second kappa shape index (κ2) is 7.20. The van der Waals surface area contributed by atoms with Gasteiger partial charge in [-0.25, -0.2) is 0 Å². The lowest BCUT2D eigenvalue weighted by molar-refractivity contribution is -0.118. The number of nitrogen functional groups attached to an aromatic ring is 1. The number of nitrogens with two attached hydrogens (primary N) is 2. The van der Waals surface area contributed by atoms with Crippen LogP contribution in [0.5, 0.6) is 0 Å². The summed E-state index contributed by atoms with van der Waals surface area (Å²) < 4.78 is 0. The van der Waals surface area contributed by atoms with Crippen LogP contribution in [-0.4, -0.2) is 18.0 Å². The Kier molecular flexibility index (Phi) is 5.31. The van der Waals surface area contributed by atoms with Gasteiger partial charge in [0.25, 0.3) is 0 Å². The molecule has 22 heavy (non-hydrogen) atoms. The number of aldehydes is 1. The first-order valence-corrected chi connectivity index (χ1v) is 7.64. The summed E-state index contributed by atoms with van der Waals surface area (Å²) in [7, 11) is 0. The summed E-state index contributed by atoms with van der Waals surface area (Å²) in [5.41, 5.74) is 13.3. The molecule has 2 rings (SSSR count). The van der Waals surface area contributed by atoms with Crippen LogP contribution in [-0.2, 0) is 16.0 Å². The van der Waals surface area contributed by atoms with E-state index in [0.717, 1.165) is 30.3 Å². The largest absolute Gasteiger partial charge is 0.399 e. The predicted octanol–water partition coefficient (Wildman–Crippen LogP) is 1.87. The molecule has 0 aromatic heterocycles. The molecule has 5 heteroatoms. The minimum absolute atomic E-state index is 0.144. The molecule has 0 radical (unpaired) electrons. The van der Waals surface area contributed by atoms with Gasteiger partial charge < -0.3 is 16.3 Å². The third-order valence-electron chi connectivity index (χ3n) is 4.31. The van der Waals surface area contributed by atoms with Crippen molar-refractivity contribution in [3.8, 4) is 0 Å². The summed E-state index contributed by atoms with van der Waals surface area (Å²) in [6.45, 7) is 0. The average molecular weight is 302 g/mol. The van der Waals surface area contributed by atoms with Crippen LogP contribution in [0.2, 0.25) is 0 Å². The number of hydrogen-bond acceptors (Lipinski definition) is 4. The van der Waals surface area contributed by atoms with Crippen molar-refractivity contribution in [1.82, 2.24) is 0 Å². The molecule has 0 saturated heterocycles. The number of hydrogen-bond donors (Lipinski definition) is 2. The summed E-state index contributed by atoms with van der Waals surface area (Å²) >= 11 is 0. The normalized spacial score (nSPS) is 18.5. The van der Waals surface area contributed by atoms with E-state index >= 15 is 0 Å². The number of benzene rings is 1.